The molecule has 0 spiro atoms. The molecule has 3 rings (SSSR count). The lowest BCUT2D eigenvalue weighted by atomic mass is 10.2. The second-order valence-corrected chi connectivity index (χ2v) is 7.27. The molecule has 3 aromatic rings. The van der Waals surface area contributed by atoms with Crippen LogP contribution in [0.3, 0.4) is 0 Å². The van der Waals surface area contributed by atoms with Crippen LogP contribution in [0.2, 0.25) is 0 Å². The molecule has 8 heteroatoms. The van der Waals surface area contributed by atoms with E-state index < -0.39 is 5.97 Å². The van der Waals surface area contributed by atoms with Gasteiger partial charge in [-0.25, -0.2) is 4.79 Å². The average Bonchev–Trinajstić information content (AvgIpc) is 3.39. The van der Waals surface area contributed by atoms with Crippen molar-refractivity contribution in [2.24, 2.45) is 0 Å². The highest BCUT2D eigenvalue weighted by Gasteiger charge is 2.18. The fourth-order valence-corrected chi connectivity index (χ4v) is 4.15. The Kier molecular flexibility index (Phi) is 6.98. The third-order valence-corrected chi connectivity index (χ3v) is 5.78. The molecule has 0 amide bonds. The van der Waals surface area contributed by atoms with Gasteiger partial charge in [0.15, 0.2) is 11.0 Å². The zero-order chi connectivity index (χ0) is 20.8. The van der Waals surface area contributed by atoms with Crippen molar-refractivity contribution in [3.05, 3.63) is 47.9 Å². The number of carbonyl (C=O) groups excluding carboxylic acids is 1. The quantitative estimate of drug-likeness (QED) is 0.377. The number of furan rings is 1. The van der Waals surface area contributed by atoms with Crippen molar-refractivity contribution in [1.29, 1.82) is 0 Å². The van der Waals surface area contributed by atoms with Crippen molar-refractivity contribution in [3.8, 4) is 11.4 Å². The number of anilines is 1. The first-order valence-electron chi connectivity index (χ1n) is 9.68. The molecule has 0 N–H and O–H groups in total. The van der Waals surface area contributed by atoms with E-state index >= 15 is 0 Å². The summed E-state index contributed by atoms with van der Waals surface area (Å²) in [6.45, 7) is 9.07. The van der Waals surface area contributed by atoms with Crippen LogP contribution >= 0.6 is 11.8 Å². The molecule has 0 aliphatic carbocycles. The number of benzene rings is 1. The first-order chi connectivity index (χ1) is 14.1. The highest BCUT2D eigenvalue weighted by molar-refractivity contribution is 7.98. The fraction of sp³-hybridized carbons (Fsp3) is 0.381. The molecule has 7 nitrogen and oxygen atoms in total. The monoisotopic (exact) mass is 414 g/mol. The van der Waals surface area contributed by atoms with Crippen LogP contribution in [0.5, 0.6) is 0 Å². The van der Waals surface area contributed by atoms with Gasteiger partial charge in [-0.05, 0) is 51.1 Å². The van der Waals surface area contributed by atoms with E-state index in [1.165, 1.54) is 30.8 Å². The molecule has 1 aromatic carbocycles. The minimum absolute atomic E-state index is 0.231. The molecule has 0 aliphatic rings. The number of methoxy groups -OCH3 is 1. The summed E-state index contributed by atoms with van der Waals surface area (Å²) in [6.07, 6.45) is 1.50. The van der Waals surface area contributed by atoms with Crippen LogP contribution in [0.1, 0.15) is 36.9 Å². The highest BCUT2D eigenvalue weighted by atomic mass is 32.2. The molecule has 0 fully saturated rings. The summed E-state index contributed by atoms with van der Waals surface area (Å²) < 4.78 is 12.1. The van der Waals surface area contributed by atoms with E-state index in [9.17, 15) is 4.79 Å². The van der Waals surface area contributed by atoms with Crippen LogP contribution in [0, 0.1) is 0 Å². The Hall–Kier alpha value is -2.74. The lowest BCUT2D eigenvalue weighted by molar-refractivity contribution is 0.0564. The summed E-state index contributed by atoms with van der Waals surface area (Å²) in [6, 6.07) is 10.2. The molecule has 0 atom stereocenters. The van der Waals surface area contributed by atoms with Gasteiger partial charge < -0.3 is 18.6 Å². The first kappa shape index (κ1) is 21.0. The van der Waals surface area contributed by atoms with Crippen molar-refractivity contribution in [1.82, 2.24) is 14.8 Å². The third kappa shape index (κ3) is 4.48. The van der Waals surface area contributed by atoms with Crippen molar-refractivity contribution < 1.29 is 13.9 Å². The van der Waals surface area contributed by atoms with Crippen LogP contribution in [0.15, 0.2) is 46.2 Å². The number of esters is 1. The summed E-state index contributed by atoms with van der Waals surface area (Å²) >= 11 is 1.52. The van der Waals surface area contributed by atoms with E-state index in [2.05, 4.69) is 64.7 Å². The topological polar surface area (TPSA) is 73.4 Å². The molecule has 29 heavy (non-hydrogen) atoms. The van der Waals surface area contributed by atoms with E-state index in [0.717, 1.165) is 41.7 Å². The normalized spacial score (nSPS) is 10.9. The number of hydrogen-bond donors (Lipinski definition) is 0. The van der Waals surface area contributed by atoms with Gasteiger partial charge in [-0.2, -0.15) is 0 Å². The fourth-order valence-electron chi connectivity index (χ4n) is 3.17. The van der Waals surface area contributed by atoms with Crippen LogP contribution in [-0.2, 0) is 17.0 Å². The molecule has 0 radical (unpaired) electrons. The SMILES string of the molecule is CCN(CC)c1ccc(-c2nnc(SCc3ccoc3C(=O)OC)n2CC)cc1. The maximum Gasteiger partial charge on any atom is 0.374 e. The van der Waals surface area contributed by atoms with Gasteiger partial charge in [-0.3, -0.25) is 0 Å². The first-order valence-corrected chi connectivity index (χ1v) is 10.7. The third-order valence-electron chi connectivity index (χ3n) is 4.76. The number of aromatic nitrogens is 3. The second kappa shape index (κ2) is 9.65. The molecule has 2 aromatic heterocycles. The van der Waals surface area contributed by atoms with Crippen LogP contribution < -0.4 is 4.90 Å². The predicted molar refractivity (Wildman–Crippen MR) is 114 cm³/mol. The van der Waals surface area contributed by atoms with Crippen LogP contribution in [0.25, 0.3) is 11.4 Å². The maximum absolute atomic E-state index is 11.8. The van der Waals surface area contributed by atoms with E-state index in [0.29, 0.717) is 5.75 Å². The second-order valence-electron chi connectivity index (χ2n) is 6.32. The Labute approximate surface area is 175 Å². The van der Waals surface area contributed by atoms with Gasteiger partial charge in [0.25, 0.3) is 0 Å². The number of nitrogens with zero attached hydrogens (tertiary/aromatic N) is 4. The molecule has 2 heterocycles. The zero-order valence-electron chi connectivity index (χ0n) is 17.2. The molecule has 0 aliphatic heterocycles. The van der Waals surface area contributed by atoms with E-state index in [1.807, 2.05) is 0 Å². The lowest BCUT2D eigenvalue weighted by Gasteiger charge is -2.21. The Bertz CT molecular complexity index is 945. The van der Waals surface area contributed by atoms with Crippen molar-refractivity contribution in [3.63, 3.8) is 0 Å². The van der Waals surface area contributed by atoms with Crippen molar-refractivity contribution in [2.75, 3.05) is 25.1 Å². The van der Waals surface area contributed by atoms with E-state index in [-0.39, 0.29) is 5.76 Å². The minimum atomic E-state index is -0.475. The van der Waals surface area contributed by atoms with Crippen molar-refractivity contribution >= 4 is 23.4 Å². The Morgan fingerprint density at radius 3 is 2.48 bits per heavy atom. The van der Waals surface area contributed by atoms with Gasteiger partial charge in [0.05, 0.1) is 13.4 Å². The van der Waals surface area contributed by atoms with Gasteiger partial charge in [0.1, 0.15) is 0 Å². The highest BCUT2D eigenvalue weighted by Crippen LogP contribution is 2.29. The smallest absolute Gasteiger partial charge is 0.374 e. The molecular weight excluding hydrogens is 388 g/mol. The Balaban J connectivity index is 1.79. The zero-order valence-corrected chi connectivity index (χ0v) is 18.0. The molecule has 154 valence electrons. The van der Waals surface area contributed by atoms with Gasteiger partial charge >= 0.3 is 5.97 Å². The minimum Gasteiger partial charge on any atom is -0.463 e. The largest absolute Gasteiger partial charge is 0.463 e. The molecule has 0 bridgehead atoms. The van der Waals surface area contributed by atoms with Gasteiger partial charge in [-0.1, -0.05) is 11.8 Å². The summed E-state index contributed by atoms with van der Waals surface area (Å²) in [4.78, 5) is 14.1. The summed E-state index contributed by atoms with van der Waals surface area (Å²) in [5.74, 6) is 1.13. The van der Waals surface area contributed by atoms with E-state index in [4.69, 9.17) is 9.15 Å². The average molecular weight is 415 g/mol. The molecule has 0 saturated heterocycles. The summed E-state index contributed by atoms with van der Waals surface area (Å²) in [7, 11) is 1.34. The molecule has 0 saturated carbocycles. The summed E-state index contributed by atoms with van der Waals surface area (Å²) in [5.41, 5.74) is 3.00. The van der Waals surface area contributed by atoms with Gasteiger partial charge in [-0.15, -0.1) is 10.2 Å². The standard InChI is InChI=1S/C21H26N4O3S/c1-5-24(6-2)17-10-8-15(9-11-17)19-22-23-21(25(19)7-3)29-14-16-12-13-28-18(16)20(26)27-4/h8-13H,5-7,14H2,1-4H3. The number of ether oxygens (including phenoxy) is 1. The van der Waals surface area contributed by atoms with Gasteiger partial charge in [0, 0.05) is 42.2 Å². The number of hydrogen-bond acceptors (Lipinski definition) is 7. The van der Waals surface area contributed by atoms with Crippen molar-refractivity contribution in [2.45, 2.75) is 38.2 Å². The Morgan fingerprint density at radius 1 is 1.14 bits per heavy atom. The maximum atomic E-state index is 11.8. The van der Waals surface area contributed by atoms with Crippen LogP contribution in [-0.4, -0.2) is 40.9 Å². The Morgan fingerprint density at radius 2 is 1.86 bits per heavy atom. The van der Waals surface area contributed by atoms with Crippen LogP contribution in [0.4, 0.5) is 5.69 Å². The van der Waals surface area contributed by atoms with Gasteiger partial charge in [0.2, 0.25) is 5.76 Å². The molecule has 0 unspecified atom stereocenters. The predicted octanol–water partition coefficient (Wildman–Crippen LogP) is 4.48. The number of thioether (sulfide) groups is 1. The van der Waals surface area contributed by atoms with E-state index in [1.54, 1.807) is 6.07 Å². The number of rotatable bonds is 9. The lowest BCUT2D eigenvalue weighted by Crippen LogP contribution is -2.21. The molecular formula is C21H26N4O3S. The summed E-state index contributed by atoms with van der Waals surface area (Å²) in [5, 5.41) is 9.57. The number of carbonyl (C=O) groups is 1.